The van der Waals surface area contributed by atoms with E-state index in [0.717, 1.165) is 24.5 Å². The maximum absolute atomic E-state index is 6.02. The molecule has 4 heteroatoms. The molecule has 0 aliphatic carbocycles. The molecule has 0 amide bonds. The highest BCUT2D eigenvalue weighted by Gasteiger charge is 2.37. The first kappa shape index (κ1) is 9.46. The highest BCUT2D eigenvalue weighted by molar-refractivity contribution is 7.10. The molecule has 1 saturated heterocycles. The van der Waals surface area contributed by atoms with Crippen LogP contribution in [-0.2, 0) is 11.2 Å². The van der Waals surface area contributed by atoms with Crippen LogP contribution < -0.4 is 5.32 Å². The van der Waals surface area contributed by atoms with Crippen LogP contribution in [-0.4, -0.2) is 25.8 Å². The van der Waals surface area contributed by atoms with E-state index in [-0.39, 0.29) is 5.60 Å². The molecule has 0 saturated carbocycles. The molecule has 2 nitrogen and oxygen atoms in total. The van der Waals surface area contributed by atoms with Crippen molar-refractivity contribution in [2.24, 2.45) is 0 Å². The maximum atomic E-state index is 6.02. The van der Waals surface area contributed by atoms with E-state index in [1.54, 1.807) is 18.4 Å². The van der Waals surface area contributed by atoms with Gasteiger partial charge in [0.05, 0.1) is 10.6 Å². The summed E-state index contributed by atoms with van der Waals surface area (Å²) >= 11 is 7.72. The summed E-state index contributed by atoms with van der Waals surface area (Å²) in [5.74, 6) is 0. The Kier molecular flexibility index (Phi) is 2.60. The molecule has 72 valence electrons. The second kappa shape index (κ2) is 3.58. The largest absolute Gasteiger partial charge is 0.375 e. The Bertz CT molecular complexity index is 290. The van der Waals surface area contributed by atoms with Crippen LogP contribution in [0.15, 0.2) is 11.4 Å². The van der Waals surface area contributed by atoms with E-state index in [1.807, 2.05) is 11.4 Å². The van der Waals surface area contributed by atoms with Crippen LogP contribution in [0.25, 0.3) is 0 Å². The molecule has 1 fully saturated rings. The Hall–Kier alpha value is -0.0900. The molecule has 0 aromatic carbocycles. The Balaban J connectivity index is 2.08. The monoisotopic (exact) mass is 217 g/mol. The van der Waals surface area contributed by atoms with Gasteiger partial charge in [0.25, 0.3) is 0 Å². The molecule has 0 bridgehead atoms. The Morgan fingerprint density at radius 1 is 1.69 bits per heavy atom. The number of methoxy groups -OCH3 is 1. The molecule has 0 spiro atoms. The normalized spacial score (nSPS) is 19.8. The minimum Gasteiger partial charge on any atom is -0.375 e. The van der Waals surface area contributed by atoms with E-state index < -0.39 is 0 Å². The summed E-state index contributed by atoms with van der Waals surface area (Å²) < 4.78 is 5.49. The van der Waals surface area contributed by atoms with E-state index in [9.17, 15) is 0 Å². The van der Waals surface area contributed by atoms with Crippen LogP contribution in [0.4, 0.5) is 0 Å². The number of nitrogens with one attached hydrogen (secondary N) is 1. The second-order valence-corrected chi connectivity index (χ2v) is 4.77. The van der Waals surface area contributed by atoms with Gasteiger partial charge in [0, 0.05) is 31.5 Å². The number of thiophene rings is 1. The first-order valence-corrected chi connectivity index (χ1v) is 5.49. The third-order valence-electron chi connectivity index (χ3n) is 2.50. The maximum Gasteiger partial charge on any atom is 0.0974 e. The van der Waals surface area contributed by atoms with E-state index in [4.69, 9.17) is 16.3 Å². The topological polar surface area (TPSA) is 21.3 Å². The summed E-state index contributed by atoms with van der Waals surface area (Å²) in [5, 5.41) is 6.11. The SMILES string of the molecule is COC1(Cc2sccc2Cl)CNC1. The van der Waals surface area contributed by atoms with Gasteiger partial charge in [0.2, 0.25) is 0 Å². The lowest BCUT2D eigenvalue weighted by molar-refractivity contribution is -0.0496. The summed E-state index contributed by atoms with van der Waals surface area (Å²) in [6.07, 6.45) is 0.924. The Morgan fingerprint density at radius 3 is 2.85 bits per heavy atom. The Morgan fingerprint density at radius 2 is 2.46 bits per heavy atom. The van der Waals surface area contributed by atoms with Crippen molar-refractivity contribution in [3.8, 4) is 0 Å². The van der Waals surface area contributed by atoms with Gasteiger partial charge in [0.15, 0.2) is 0 Å². The summed E-state index contributed by atoms with van der Waals surface area (Å²) in [6.45, 7) is 1.86. The van der Waals surface area contributed by atoms with Crippen LogP contribution in [0.2, 0.25) is 5.02 Å². The zero-order chi connectivity index (χ0) is 9.31. The first-order chi connectivity index (χ1) is 6.26. The van der Waals surface area contributed by atoms with Crippen molar-refractivity contribution in [2.75, 3.05) is 20.2 Å². The van der Waals surface area contributed by atoms with Gasteiger partial charge in [-0.1, -0.05) is 11.6 Å². The van der Waals surface area contributed by atoms with E-state index in [2.05, 4.69) is 5.32 Å². The summed E-state index contributed by atoms with van der Waals surface area (Å²) in [5.41, 5.74) is -0.00546. The fourth-order valence-corrected chi connectivity index (χ4v) is 2.72. The van der Waals surface area contributed by atoms with E-state index in [1.165, 1.54) is 4.88 Å². The van der Waals surface area contributed by atoms with Crippen molar-refractivity contribution in [1.29, 1.82) is 0 Å². The van der Waals surface area contributed by atoms with E-state index in [0.29, 0.717) is 0 Å². The molecule has 13 heavy (non-hydrogen) atoms. The van der Waals surface area contributed by atoms with Gasteiger partial charge in [-0.05, 0) is 11.4 Å². The van der Waals surface area contributed by atoms with Crippen molar-refractivity contribution in [1.82, 2.24) is 5.32 Å². The quantitative estimate of drug-likeness (QED) is 0.836. The Labute approximate surface area is 86.9 Å². The minimum absolute atomic E-state index is 0.00546. The van der Waals surface area contributed by atoms with Gasteiger partial charge < -0.3 is 10.1 Å². The highest BCUT2D eigenvalue weighted by atomic mass is 35.5. The number of rotatable bonds is 3. The lowest BCUT2D eigenvalue weighted by atomic mass is 9.92. The zero-order valence-corrected chi connectivity index (χ0v) is 9.04. The molecule has 1 aromatic rings. The molecule has 2 rings (SSSR count). The molecular formula is C9H12ClNOS. The van der Waals surface area contributed by atoms with Crippen molar-refractivity contribution >= 4 is 22.9 Å². The number of ether oxygens (including phenoxy) is 1. The molecule has 2 heterocycles. The fourth-order valence-electron chi connectivity index (χ4n) is 1.49. The lowest BCUT2D eigenvalue weighted by Gasteiger charge is -2.41. The van der Waals surface area contributed by atoms with Gasteiger partial charge in [-0.3, -0.25) is 0 Å². The molecule has 1 N–H and O–H groups in total. The van der Waals surface area contributed by atoms with Gasteiger partial charge in [-0.2, -0.15) is 0 Å². The van der Waals surface area contributed by atoms with Gasteiger partial charge in [0.1, 0.15) is 0 Å². The average Bonchev–Trinajstić information content (AvgIpc) is 2.44. The average molecular weight is 218 g/mol. The molecule has 1 aliphatic rings. The van der Waals surface area contributed by atoms with Gasteiger partial charge >= 0.3 is 0 Å². The van der Waals surface area contributed by atoms with Crippen LogP contribution in [0.3, 0.4) is 0 Å². The minimum atomic E-state index is -0.00546. The summed E-state index contributed by atoms with van der Waals surface area (Å²) in [7, 11) is 1.77. The zero-order valence-electron chi connectivity index (χ0n) is 7.47. The third kappa shape index (κ3) is 1.74. The smallest absolute Gasteiger partial charge is 0.0974 e. The predicted molar refractivity (Wildman–Crippen MR) is 55.6 cm³/mol. The number of hydrogen-bond donors (Lipinski definition) is 1. The van der Waals surface area contributed by atoms with Crippen LogP contribution in [0.1, 0.15) is 4.88 Å². The lowest BCUT2D eigenvalue weighted by Crippen LogP contribution is -2.61. The molecular weight excluding hydrogens is 206 g/mol. The van der Waals surface area contributed by atoms with Crippen LogP contribution in [0, 0.1) is 0 Å². The van der Waals surface area contributed by atoms with Gasteiger partial charge in [-0.15, -0.1) is 11.3 Å². The molecule has 1 aromatic heterocycles. The van der Waals surface area contributed by atoms with Crippen LogP contribution in [0.5, 0.6) is 0 Å². The number of halogens is 1. The summed E-state index contributed by atoms with van der Waals surface area (Å²) in [6, 6.07) is 1.94. The number of hydrogen-bond acceptors (Lipinski definition) is 3. The molecule has 0 unspecified atom stereocenters. The van der Waals surface area contributed by atoms with Crippen molar-refractivity contribution in [3.63, 3.8) is 0 Å². The highest BCUT2D eigenvalue weighted by Crippen LogP contribution is 2.29. The predicted octanol–water partition coefficient (Wildman–Crippen LogP) is 1.93. The van der Waals surface area contributed by atoms with E-state index >= 15 is 0 Å². The summed E-state index contributed by atoms with van der Waals surface area (Å²) in [4.78, 5) is 1.23. The molecule has 0 atom stereocenters. The van der Waals surface area contributed by atoms with Crippen LogP contribution >= 0.6 is 22.9 Å². The second-order valence-electron chi connectivity index (χ2n) is 3.36. The van der Waals surface area contributed by atoms with Gasteiger partial charge in [-0.25, -0.2) is 0 Å². The first-order valence-electron chi connectivity index (χ1n) is 4.23. The molecule has 1 aliphatic heterocycles. The fraction of sp³-hybridized carbons (Fsp3) is 0.556. The van der Waals surface area contributed by atoms with Crippen molar-refractivity contribution < 1.29 is 4.74 Å². The molecule has 0 radical (unpaired) electrons. The van der Waals surface area contributed by atoms with Crippen molar-refractivity contribution in [3.05, 3.63) is 21.3 Å². The third-order valence-corrected chi connectivity index (χ3v) is 3.89. The standard InChI is InChI=1S/C9H12ClNOS/c1-12-9(5-11-6-9)4-8-7(10)2-3-13-8/h2-3,11H,4-6H2,1H3. The van der Waals surface area contributed by atoms with Crippen molar-refractivity contribution in [2.45, 2.75) is 12.0 Å².